The fourth-order valence-electron chi connectivity index (χ4n) is 1.67. The molecule has 20 heavy (non-hydrogen) atoms. The molecule has 2 N–H and O–H groups in total. The van der Waals surface area contributed by atoms with Crippen molar-refractivity contribution in [1.29, 1.82) is 0 Å². The van der Waals surface area contributed by atoms with Crippen molar-refractivity contribution in [2.24, 2.45) is 0 Å². The molecular formula is C14H13FN2O3. The highest BCUT2D eigenvalue weighted by molar-refractivity contribution is 5.96. The van der Waals surface area contributed by atoms with E-state index in [0.717, 1.165) is 0 Å². The van der Waals surface area contributed by atoms with Gasteiger partial charge in [0.05, 0.1) is 18.2 Å². The van der Waals surface area contributed by atoms with Crippen LogP contribution in [-0.2, 0) is 11.2 Å². The summed E-state index contributed by atoms with van der Waals surface area (Å²) in [7, 11) is 0. The molecule has 1 aromatic heterocycles. The first-order chi connectivity index (χ1) is 9.58. The SMILES string of the molecule is Cc1occc1C(=O)NNC(=O)Cc1ccccc1F. The lowest BCUT2D eigenvalue weighted by molar-refractivity contribution is -0.121. The first-order valence-corrected chi connectivity index (χ1v) is 5.94. The van der Waals surface area contributed by atoms with Crippen LogP contribution in [0.15, 0.2) is 41.0 Å². The fraction of sp³-hybridized carbons (Fsp3) is 0.143. The van der Waals surface area contributed by atoms with Crippen LogP contribution in [0.2, 0.25) is 0 Å². The first kappa shape index (κ1) is 13.8. The Kier molecular flexibility index (Phi) is 4.14. The zero-order valence-corrected chi connectivity index (χ0v) is 10.8. The Morgan fingerprint density at radius 1 is 1.20 bits per heavy atom. The molecule has 0 bridgehead atoms. The summed E-state index contributed by atoms with van der Waals surface area (Å²) in [6, 6.07) is 7.46. The second kappa shape index (κ2) is 6.01. The molecular weight excluding hydrogens is 263 g/mol. The number of carbonyl (C=O) groups excluding carboxylic acids is 2. The molecule has 0 saturated heterocycles. The molecule has 0 aliphatic heterocycles. The Morgan fingerprint density at radius 2 is 1.95 bits per heavy atom. The summed E-state index contributed by atoms with van der Waals surface area (Å²) in [6.45, 7) is 1.64. The molecule has 2 amide bonds. The molecule has 1 heterocycles. The number of hydrogen-bond acceptors (Lipinski definition) is 3. The summed E-state index contributed by atoms with van der Waals surface area (Å²) in [6.07, 6.45) is 1.22. The van der Waals surface area contributed by atoms with Crippen LogP contribution in [0.3, 0.4) is 0 Å². The van der Waals surface area contributed by atoms with E-state index < -0.39 is 17.6 Å². The van der Waals surface area contributed by atoms with Crippen molar-refractivity contribution in [3.05, 3.63) is 59.3 Å². The molecule has 0 spiro atoms. The Labute approximate surface area is 114 Å². The van der Waals surface area contributed by atoms with Crippen LogP contribution in [0.1, 0.15) is 21.7 Å². The molecule has 2 aromatic rings. The topological polar surface area (TPSA) is 71.3 Å². The van der Waals surface area contributed by atoms with Gasteiger partial charge >= 0.3 is 0 Å². The van der Waals surface area contributed by atoms with Gasteiger partial charge in [-0.15, -0.1) is 0 Å². The van der Waals surface area contributed by atoms with Crippen LogP contribution in [0.25, 0.3) is 0 Å². The predicted octanol–water partition coefficient (Wildman–Crippen LogP) is 1.73. The van der Waals surface area contributed by atoms with Crippen molar-refractivity contribution in [1.82, 2.24) is 10.9 Å². The monoisotopic (exact) mass is 276 g/mol. The smallest absolute Gasteiger partial charge is 0.273 e. The van der Waals surface area contributed by atoms with E-state index in [4.69, 9.17) is 4.42 Å². The molecule has 0 saturated carbocycles. The van der Waals surface area contributed by atoms with E-state index in [0.29, 0.717) is 11.3 Å². The summed E-state index contributed by atoms with van der Waals surface area (Å²) in [4.78, 5) is 23.3. The summed E-state index contributed by atoms with van der Waals surface area (Å²) in [5.74, 6) is -1.01. The third kappa shape index (κ3) is 3.23. The van der Waals surface area contributed by atoms with E-state index in [1.54, 1.807) is 19.1 Å². The number of hydrogen-bond donors (Lipinski definition) is 2. The van der Waals surface area contributed by atoms with Gasteiger partial charge in [0.15, 0.2) is 0 Å². The van der Waals surface area contributed by atoms with Gasteiger partial charge in [0.1, 0.15) is 11.6 Å². The van der Waals surface area contributed by atoms with Crippen LogP contribution in [0.5, 0.6) is 0 Å². The van der Waals surface area contributed by atoms with Gasteiger partial charge in [-0.1, -0.05) is 18.2 Å². The van der Waals surface area contributed by atoms with Gasteiger partial charge in [-0.2, -0.15) is 0 Å². The molecule has 0 atom stereocenters. The van der Waals surface area contributed by atoms with Crippen LogP contribution in [0, 0.1) is 12.7 Å². The maximum atomic E-state index is 13.3. The number of hydrazine groups is 1. The number of halogens is 1. The number of carbonyl (C=O) groups is 2. The lowest BCUT2D eigenvalue weighted by Gasteiger charge is -2.07. The van der Waals surface area contributed by atoms with E-state index in [2.05, 4.69) is 10.9 Å². The lowest BCUT2D eigenvalue weighted by Crippen LogP contribution is -2.42. The average molecular weight is 276 g/mol. The fourth-order valence-corrected chi connectivity index (χ4v) is 1.67. The van der Waals surface area contributed by atoms with E-state index in [1.807, 2.05) is 0 Å². The second-order valence-corrected chi connectivity index (χ2v) is 4.16. The van der Waals surface area contributed by atoms with Crippen LogP contribution < -0.4 is 10.9 Å². The molecule has 0 unspecified atom stereocenters. The van der Waals surface area contributed by atoms with Gasteiger partial charge in [0.25, 0.3) is 5.91 Å². The molecule has 0 aliphatic rings. The molecule has 6 heteroatoms. The highest BCUT2D eigenvalue weighted by Gasteiger charge is 2.13. The molecule has 0 aliphatic carbocycles. The zero-order valence-electron chi connectivity index (χ0n) is 10.8. The van der Waals surface area contributed by atoms with Gasteiger partial charge < -0.3 is 4.42 Å². The number of amides is 2. The summed E-state index contributed by atoms with van der Waals surface area (Å²) < 4.78 is 18.3. The van der Waals surface area contributed by atoms with Crippen molar-refractivity contribution in [2.45, 2.75) is 13.3 Å². The van der Waals surface area contributed by atoms with Crippen molar-refractivity contribution in [3.8, 4) is 0 Å². The standard InChI is InChI=1S/C14H13FN2O3/c1-9-11(6-7-20-9)14(19)17-16-13(18)8-10-4-2-3-5-12(10)15/h2-7H,8H2,1H3,(H,16,18)(H,17,19). The zero-order chi connectivity index (χ0) is 14.5. The number of aryl methyl sites for hydroxylation is 1. The minimum atomic E-state index is -0.510. The third-order valence-corrected chi connectivity index (χ3v) is 2.73. The van der Waals surface area contributed by atoms with Crippen molar-refractivity contribution >= 4 is 11.8 Å². The van der Waals surface area contributed by atoms with E-state index in [9.17, 15) is 14.0 Å². The van der Waals surface area contributed by atoms with Crippen molar-refractivity contribution in [3.63, 3.8) is 0 Å². The van der Waals surface area contributed by atoms with Gasteiger partial charge in [-0.05, 0) is 24.6 Å². The minimum absolute atomic E-state index is 0.155. The molecule has 0 fully saturated rings. The number of furan rings is 1. The van der Waals surface area contributed by atoms with Gasteiger partial charge in [0.2, 0.25) is 5.91 Å². The summed E-state index contributed by atoms with van der Waals surface area (Å²) in [5, 5.41) is 0. The van der Waals surface area contributed by atoms with Crippen LogP contribution in [0.4, 0.5) is 4.39 Å². The highest BCUT2D eigenvalue weighted by Crippen LogP contribution is 2.08. The molecule has 1 aromatic carbocycles. The van der Waals surface area contributed by atoms with Crippen LogP contribution >= 0.6 is 0 Å². The Hall–Kier alpha value is -2.63. The Bertz CT molecular complexity index is 637. The van der Waals surface area contributed by atoms with E-state index in [-0.39, 0.29) is 12.0 Å². The maximum Gasteiger partial charge on any atom is 0.273 e. The minimum Gasteiger partial charge on any atom is -0.469 e. The van der Waals surface area contributed by atoms with Gasteiger partial charge in [-0.25, -0.2) is 4.39 Å². The quantitative estimate of drug-likeness (QED) is 0.839. The Morgan fingerprint density at radius 3 is 2.60 bits per heavy atom. The molecule has 5 nitrogen and oxygen atoms in total. The van der Waals surface area contributed by atoms with Crippen molar-refractivity contribution in [2.75, 3.05) is 0 Å². The molecule has 104 valence electrons. The largest absolute Gasteiger partial charge is 0.469 e. The number of nitrogens with one attached hydrogen (secondary N) is 2. The first-order valence-electron chi connectivity index (χ1n) is 5.94. The molecule has 2 rings (SSSR count). The highest BCUT2D eigenvalue weighted by atomic mass is 19.1. The van der Waals surface area contributed by atoms with Crippen LogP contribution in [-0.4, -0.2) is 11.8 Å². The van der Waals surface area contributed by atoms with Gasteiger partial charge in [0, 0.05) is 0 Å². The third-order valence-electron chi connectivity index (χ3n) is 2.73. The summed E-state index contributed by atoms with van der Waals surface area (Å²) >= 11 is 0. The summed E-state index contributed by atoms with van der Waals surface area (Å²) in [5.41, 5.74) is 5.06. The average Bonchev–Trinajstić information content (AvgIpc) is 2.85. The van der Waals surface area contributed by atoms with Gasteiger partial charge in [-0.3, -0.25) is 20.4 Å². The second-order valence-electron chi connectivity index (χ2n) is 4.16. The van der Waals surface area contributed by atoms with Crippen molar-refractivity contribution < 1.29 is 18.4 Å². The number of rotatable bonds is 3. The lowest BCUT2D eigenvalue weighted by atomic mass is 10.1. The molecule has 0 radical (unpaired) electrons. The van der Waals surface area contributed by atoms with E-state index in [1.165, 1.54) is 24.5 Å². The van der Waals surface area contributed by atoms with E-state index >= 15 is 0 Å². The maximum absolute atomic E-state index is 13.3. The Balaban J connectivity index is 1.89. The normalized spacial score (nSPS) is 10.1. The predicted molar refractivity (Wildman–Crippen MR) is 69.2 cm³/mol. The number of benzene rings is 1.